The first kappa shape index (κ1) is 14.8. The number of hydrogen-bond acceptors (Lipinski definition) is 3. The molecule has 1 atom stereocenters. The summed E-state index contributed by atoms with van der Waals surface area (Å²) in [6, 6.07) is 1.87. The number of hydrogen-bond donors (Lipinski definition) is 2. The van der Waals surface area contributed by atoms with Crippen LogP contribution < -0.4 is 11.1 Å². The van der Waals surface area contributed by atoms with Gasteiger partial charge < -0.3 is 11.1 Å². The van der Waals surface area contributed by atoms with Crippen molar-refractivity contribution in [1.29, 1.82) is 0 Å². The average molecular weight is 295 g/mol. The van der Waals surface area contributed by atoms with Crippen molar-refractivity contribution >= 4 is 40.4 Å². The highest BCUT2D eigenvalue weighted by atomic mass is 35.5. The Kier molecular flexibility index (Phi) is 4.84. The standard InChI is InChI=1S/C11H16Cl2N2OS/c1-6(7-4-8(12)17-9(7)13)15-5-11(2,3)10(14)16/h4,6,15H,5H2,1-3H3,(H2,14,16). The number of nitrogens with one attached hydrogen (secondary N) is 1. The van der Waals surface area contributed by atoms with Crippen LogP contribution >= 0.6 is 34.5 Å². The second-order valence-electron chi connectivity index (χ2n) is 4.63. The van der Waals surface area contributed by atoms with E-state index in [1.165, 1.54) is 11.3 Å². The SMILES string of the molecule is CC(NCC(C)(C)C(N)=O)c1cc(Cl)sc1Cl. The molecule has 17 heavy (non-hydrogen) atoms. The van der Waals surface area contributed by atoms with Gasteiger partial charge in [0, 0.05) is 12.6 Å². The Hall–Kier alpha value is -0.290. The molecule has 3 N–H and O–H groups in total. The van der Waals surface area contributed by atoms with E-state index in [1.54, 1.807) is 13.8 Å². The molecule has 0 bridgehead atoms. The van der Waals surface area contributed by atoms with Gasteiger partial charge in [0.2, 0.25) is 5.91 Å². The molecule has 1 aromatic rings. The molecule has 0 aliphatic rings. The summed E-state index contributed by atoms with van der Waals surface area (Å²) in [6.45, 7) is 6.07. The van der Waals surface area contributed by atoms with Crippen LogP contribution in [-0.2, 0) is 4.79 Å². The van der Waals surface area contributed by atoms with E-state index in [1.807, 2.05) is 13.0 Å². The second-order valence-corrected chi connectivity index (χ2v) is 6.92. The molecule has 0 aliphatic carbocycles. The fourth-order valence-electron chi connectivity index (χ4n) is 1.25. The summed E-state index contributed by atoms with van der Waals surface area (Å²) >= 11 is 13.3. The Morgan fingerprint density at radius 2 is 2.18 bits per heavy atom. The summed E-state index contributed by atoms with van der Waals surface area (Å²) in [5.41, 5.74) is 5.67. The van der Waals surface area contributed by atoms with E-state index in [0.29, 0.717) is 15.2 Å². The molecule has 0 saturated heterocycles. The van der Waals surface area contributed by atoms with E-state index in [0.717, 1.165) is 5.56 Å². The van der Waals surface area contributed by atoms with Gasteiger partial charge in [0.25, 0.3) is 0 Å². The molecule has 0 radical (unpaired) electrons. The highest BCUT2D eigenvalue weighted by Gasteiger charge is 2.25. The number of rotatable bonds is 5. The molecular formula is C11H16Cl2N2OS. The second kappa shape index (κ2) is 5.57. The molecule has 0 aromatic carbocycles. The lowest BCUT2D eigenvalue weighted by Gasteiger charge is -2.23. The molecule has 3 nitrogen and oxygen atoms in total. The maximum Gasteiger partial charge on any atom is 0.224 e. The van der Waals surface area contributed by atoms with Crippen molar-refractivity contribution in [2.24, 2.45) is 11.1 Å². The molecule has 0 saturated carbocycles. The smallest absolute Gasteiger partial charge is 0.224 e. The average Bonchev–Trinajstić information content (AvgIpc) is 2.54. The Morgan fingerprint density at radius 1 is 1.59 bits per heavy atom. The van der Waals surface area contributed by atoms with Gasteiger partial charge in [-0.3, -0.25) is 4.79 Å². The Bertz CT molecular complexity index is 418. The third kappa shape index (κ3) is 3.85. The van der Waals surface area contributed by atoms with Crippen LogP contribution in [0.3, 0.4) is 0 Å². The first-order chi connectivity index (χ1) is 7.74. The summed E-state index contributed by atoms with van der Waals surface area (Å²) in [5, 5.41) is 3.24. The van der Waals surface area contributed by atoms with E-state index >= 15 is 0 Å². The van der Waals surface area contributed by atoms with Gasteiger partial charge in [-0.2, -0.15) is 0 Å². The number of primary amides is 1. The number of carbonyl (C=O) groups is 1. The van der Waals surface area contributed by atoms with Gasteiger partial charge >= 0.3 is 0 Å². The third-order valence-corrected chi connectivity index (χ3v) is 4.18. The lowest BCUT2D eigenvalue weighted by Crippen LogP contribution is -2.41. The minimum atomic E-state index is -0.583. The predicted octanol–water partition coefficient (Wildman–Crippen LogP) is 3.22. The van der Waals surface area contributed by atoms with Gasteiger partial charge in [-0.25, -0.2) is 0 Å². The minimum Gasteiger partial charge on any atom is -0.369 e. The van der Waals surface area contributed by atoms with Crippen molar-refractivity contribution in [2.45, 2.75) is 26.8 Å². The molecule has 6 heteroatoms. The highest BCUT2D eigenvalue weighted by molar-refractivity contribution is 7.20. The Balaban J connectivity index is 2.65. The normalized spacial score (nSPS) is 13.7. The van der Waals surface area contributed by atoms with E-state index in [-0.39, 0.29) is 11.9 Å². The van der Waals surface area contributed by atoms with Crippen LogP contribution in [0.2, 0.25) is 8.67 Å². The molecule has 1 unspecified atom stereocenters. The summed E-state index contributed by atoms with van der Waals surface area (Å²) in [4.78, 5) is 11.2. The number of thiophene rings is 1. The van der Waals surface area contributed by atoms with Gasteiger partial charge in [0.1, 0.15) is 0 Å². The predicted molar refractivity (Wildman–Crippen MR) is 73.7 cm³/mol. The van der Waals surface area contributed by atoms with E-state index in [2.05, 4.69) is 5.32 Å². The zero-order chi connectivity index (χ0) is 13.2. The Labute approximate surface area is 115 Å². The van der Waals surface area contributed by atoms with Gasteiger partial charge in [-0.15, -0.1) is 11.3 Å². The van der Waals surface area contributed by atoms with Crippen LogP contribution in [-0.4, -0.2) is 12.5 Å². The highest BCUT2D eigenvalue weighted by Crippen LogP contribution is 2.35. The minimum absolute atomic E-state index is 0.0323. The number of carbonyl (C=O) groups excluding carboxylic acids is 1. The summed E-state index contributed by atoms with van der Waals surface area (Å²) in [6.07, 6.45) is 0. The number of amides is 1. The van der Waals surface area contributed by atoms with Crippen molar-refractivity contribution < 1.29 is 4.79 Å². The van der Waals surface area contributed by atoms with Gasteiger partial charge in [0.15, 0.2) is 0 Å². The van der Waals surface area contributed by atoms with E-state index in [9.17, 15) is 4.79 Å². The molecule has 0 fully saturated rings. The molecule has 1 amide bonds. The molecule has 1 rings (SSSR count). The van der Waals surface area contributed by atoms with Crippen molar-refractivity contribution in [3.63, 3.8) is 0 Å². The summed E-state index contributed by atoms with van der Waals surface area (Å²) in [5.74, 6) is -0.327. The van der Waals surface area contributed by atoms with Crippen molar-refractivity contribution in [1.82, 2.24) is 5.32 Å². The van der Waals surface area contributed by atoms with Crippen LogP contribution in [0, 0.1) is 5.41 Å². The first-order valence-corrected chi connectivity index (χ1v) is 6.79. The van der Waals surface area contributed by atoms with Crippen LogP contribution in [0.25, 0.3) is 0 Å². The van der Waals surface area contributed by atoms with Crippen molar-refractivity contribution in [3.8, 4) is 0 Å². The maximum absolute atomic E-state index is 11.2. The number of nitrogens with two attached hydrogens (primary N) is 1. The fourth-order valence-corrected chi connectivity index (χ4v) is 2.90. The van der Waals surface area contributed by atoms with Crippen molar-refractivity contribution in [3.05, 3.63) is 20.3 Å². The fraction of sp³-hybridized carbons (Fsp3) is 0.545. The largest absolute Gasteiger partial charge is 0.369 e. The van der Waals surface area contributed by atoms with Crippen LogP contribution in [0.4, 0.5) is 0 Å². The van der Waals surface area contributed by atoms with Crippen LogP contribution in [0.1, 0.15) is 32.4 Å². The topological polar surface area (TPSA) is 55.1 Å². The lowest BCUT2D eigenvalue weighted by molar-refractivity contribution is -0.125. The monoisotopic (exact) mass is 294 g/mol. The lowest BCUT2D eigenvalue weighted by atomic mass is 9.92. The zero-order valence-corrected chi connectivity index (χ0v) is 12.3. The van der Waals surface area contributed by atoms with Gasteiger partial charge in [-0.05, 0) is 32.4 Å². The Morgan fingerprint density at radius 3 is 2.59 bits per heavy atom. The molecule has 0 spiro atoms. The van der Waals surface area contributed by atoms with Crippen molar-refractivity contribution in [2.75, 3.05) is 6.54 Å². The van der Waals surface area contributed by atoms with Gasteiger partial charge in [-0.1, -0.05) is 23.2 Å². The maximum atomic E-state index is 11.2. The molecular weight excluding hydrogens is 279 g/mol. The molecule has 0 aliphatic heterocycles. The summed E-state index contributed by atoms with van der Waals surface area (Å²) < 4.78 is 1.33. The van der Waals surface area contributed by atoms with Gasteiger partial charge in [0.05, 0.1) is 14.1 Å². The first-order valence-electron chi connectivity index (χ1n) is 5.22. The summed E-state index contributed by atoms with van der Waals surface area (Å²) in [7, 11) is 0. The zero-order valence-electron chi connectivity index (χ0n) is 10.0. The molecule has 1 heterocycles. The van der Waals surface area contributed by atoms with Crippen LogP contribution in [0.5, 0.6) is 0 Å². The van der Waals surface area contributed by atoms with E-state index in [4.69, 9.17) is 28.9 Å². The quantitative estimate of drug-likeness (QED) is 0.876. The van der Waals surface area contributed by atoms with Crippen LogP contribution in [0.15, 0.2) is 6.07 Å². The van der Waals surface area contributed by atoms with E-state index < -0.39 is 5.41 Å². The molecule has 1 aromatic heterocycles. The molecule has 96 valence electrons. The number of halogens is 2. The third-order valence-electron chi connectivity index (χ3n) is 2.67.